The molecular weight excluding hydrogens is 576 g/mol. The second kappa shape index (κ2) is 12.3. The lowest BCUT2D eigenvalue weighted by Gasteiger charge is -2.20. The number of carbonyl (C=O) groups is 2. The van der Waals surface area contributed by atoms with Gasteiger partial charge in [0.05, 0.1) is 17.8 Å². The summed E-state index contributed by atoms with van der Waals surface area (Å²) < 4.78 is 10.7. The number of nitrogens with zero attached hydrogens (tertiary/aromatic N) is 3. The quantitative estimate of drug-likeness (QED) is 0.0910. The molecule has 43 heavy (non-hydrogen) atoms. The van der Waals surface area contributed by atoms with Crippen LogP contribution in [0.15, 0.2) is 65.2 Å². The molecule has 1 unspecified atom stereocenters. The number of aryl methyl sites for hydroxylation is 1. The molecule has 1 saturated heterocycles. The summed E-state index contributed by atoms with van der Waals surface area (Å²) in [6.45, 7) is 2.08. The third-order valence-corrected chi connectivity index (χ3v) is 7.20. The molecular formula is C30H31ClN6O6. The van der Waals surface area contributed by atoms with Gasteiger partial charge in [-0.3, -0.25) is 9.59 Å². The Hall–Kier alpha value is -4.62. The molecule has 13 heteroatoms. The lowest BCUT2D eigenvalue weighted by atomic mass is 10.0. The van der Waals surface area contributed by atoms with Gasteiger partial charge in [-0.05, 0) is 49.4 Å². The Bertz CT molecular complexity index is 1650. The summed E-state index contributed by atoms with van der Waals surface area (Å²) in [5.74, 6) is 0.171. The molecule has 1 aliphatic rings. The van der Waals surface area contributed by atoms with Crippen LogP contribution in [-0.2, 0) is 4.84 Å². The van der Waals surface area contributed by atoms with E-state index >= 15 is 0 Å². The number of anilines is 3. The number of amides is 2. The first-order chi connectivity index (χ1) is 20.6. The SMILES string of the molecule is COc1ccccc1-c1noc(C)c1C(=O)NCCNc1cc(NC(=O)c2ccc(N(C)C)cc2)c([N+]2([O-])CO2)cc1Cl. The van der Waals surface area contributed by atoms with Crippen LogP contribution in [0.5, 0.6) is 5.75 Å². The van der Waals surface area contributed by atoms with Crippen molar-refractivity contribution in [1.29, 1.82) is 0 Å². The topological polar surface area (TPSA) is 144 Å². The zero-order chi connectivity index (χ0) is 30.7. The van der Waals surface area contributed by atoms with Gasteiger partial charge in [-0.25, -0.2) is 0 Å². The van der Waals surface area contributed by atoms with Crippen molar-refractivity contribution in [1.82, 2.24) is 15.3 Å². The molecule has 0 spiro atoms. The van der Waals surface area contributed by atoms with Crippen molar-refractivity contribution in [3.63, 3.8) is 0 Å². The number of nitrogens with one attached hydrogen (secondary N) is 3. The monoisotopic (exact) mass is 606 g/mol. The molecule has 12 nitrogen and oxygen atoms in total. The molecule has 3 N–H and O–H groups in total. The molecule has 3 aromatic carbocycles. The van der Waals surface area contributed by atoms with Gasteiger partial charge in [0.2, 0.25) is 0 Å². The van der Waals surface area contributed by atoms with Crippen molar-refractivity contribution >= 4 is 46.2 Å². The van der Waals surface area contributed by atoms with Gasteiger partial charge in [0.15, 0.2) is 5.69 Å². The van der Waals surface area contributed by atoms with E-state index in [0.29, 0.717) is 39.6 Å². The van der Waals surface area contributed by atoms with Crippen LogP contribution in [0.4, 0.5) is 22.7 Å². The van der Waals surface area contributed by atoms with Crippen molar-refractivity contribution in [2.75, 3.05) is 56.6 Å². The highest BCUT2D eigenvalue weighted by atomic mass is 35.5. The molecule has 1 aliphatic heterocycles. The van der Waals surface area contributed by atoms with Crippen molar-refractivity contribution < 1.29 is 23.7 Å². The third kappa shape index (κ3) is 6.42. The van der Waals surface area contributed by atoms with Gasteiger partial charge in [0, 0.05) is 50.1 Å². The first-order valence-corrected chi connectivity index (χ1v) is 13.8. The zero-order valence-corrected chi connectivity index (χ0v) is 24.8. The molecule has 2 amide bonds. The highest BCUT2D eigenvalue weighted by molar-refractivity contribution is 6.33. The number of ether oxygens (including phenoxy) is 1. The average molecular weight is 607 g/mol. The maximum absolute atomic E-state index is 13.1. The fourth-order valence-electron chi connectivity index (χ4n) is 4.50. The van der Waals surface area contributed by atoms with E-state index in [4.69, 9.17) is 25.7 Å². The minimum atomic E-state index is -1.06. The number of hydroxylamine groups is 2. The van der Waals surface area contributed by atoms with Gasteiger partial charge < -0.3 is 35.3 Å². The summed E-state index contributed by atoms with van der Waals surface area (Å²) in [6, 6.07) is 17.3. The van der Waals surface area contributed by atoms with E-state index in [1.54, 1.807) is 44.4 Å². The summed E-state index contributed by atoms with van der Waals surface area (Å²) in [7, 11) is 5.36. The zero-order valence-electron chi connectivity index (χ0n) is 24.1. The molecule has 224 valence electrons. The van der Waals surface area contributed by atoms with E-state index in [9.17, 15) is 14.8 Å². The van der Waals surface area contributed by atoms with Crippen LogP contribution < -0.4 is 30.4 Å². The summed E-state index contributed by atoms with van der Waals surface area (Å²) in [5, 5.41) is 26.0. The van der Waals surface area contributed by atoms with Crippen molar-refractivity contribution in [3.05, 3.63) is 87.8 Å². The molecule has 0 radical (unpaired) electrons. The molecule has 0 saturated carbocycles. The molecule has 1 fully saturated rings. The van der Waals surface area contributed by atoms with E-state index in [1.807, 2.05) is 43.3 Å². The van der Waals surface area contributed by atoms with Crippen LogP contribution in [0.2, 0.25) is 5.02 Å². The standard InChI is InChI=1S/C30H31ClN6O6/c1-18-27(28(35-43-18)21-7-5-6-8-26(21)41-4)30(39)33-14-13-32-23-16-24(25(15-22(23)31)37(40)17-42-37)34-29(38)19-9-11-20(12-10-19)36(2)3/h5-12,15-16,32H,13-14,17H2,1-4H3,(H,33,39)(H,34,38). The normalized spacial score (nSPS) is 15.5. The molecule has 1 atom stereocenters. The van der Waals surface area contributed by atoms with E-state index in [-0.39, 0.29) is 42.1 Å². The van der Waals surface area contributed by atoms with Gasteiger partial charge >= 0.3 is 0 Å². The molecule has 5 rings (SSSR count). The molecule has 2 heterocycles. The van der Waals surface area contributed by atoms with E-state index in [1.165, 1.54) is 6.07 Å². The average Bonchev–Trinajstić information content (AvgIpc) is 3.64. The summed E-state index contributed by atoms with van der Waals surface area (Å²) >= 11 is 6.49. The third-order valence-electron chi connectivity index (χ3n) is 6.89. The Morgan fingerprint density at radius 1 is 1.07 bits per heavy atom. The molecule has 1 aromatic heterocycles. The number of benzene rings is 3. The number of hydrogen-bond acceptors (Lipinski definition) is 9. The maximum Gasteiger partial charge on any atom is 0.270 e. The number of hydrogen-bond donors (Lipinski definition) is 3. The molecule has 0 bridgehead atoms. The van der Waals surface area contributed by atoms with Gasteiger partial charge in [-0.15, -0.1) is 9.65 Å². The van der Waals surface area contributed by atoms with Gasteiger partial charge in [0.1, 0.15) is 28.5 Å². The summed E-state index contributed by atoms with van der Waals surface area (Å²) in [6.07, 6.45) is 0. The largest absolute Gasteiger partial charge is 0.591 e. The first-order valence-electron chi connectivity index (χ1n) is 13.4. The minimum absolute atomic E-state index is 0.0886. The highest BCUT2D eigenvalue weighted by Gasteiger charge is 2.42. The number of carbonyl (C=O) groups excluding carboxylic acids is 2. The van der Waals surface area contributed by atoms with Crippen LogP contribution in [-0.4, -0.2) is 58.0 Å². The fraction of sp³-hybridized carbons (Fsp3) is 0.233. The Morgan fingerprint density at radius 2 is 1.79 bits per heavy atom. The van der Waals surface area contributed by atoms with Crippen LogP contribution in [0.1, 0.15) is 26.5 Å². The van der Waals surface area contributed by atoms with E-state index in [0.717, 1.165) is 5.69 Å². The fourth-order valence-corrected chi connectivity index (χ4v) is 4.73. The Balaban J connectivity index is 1.27. The Kier molecular flexibility index (Phi) is 8.55. The number of quaternary nitrogens is 1. The summed E-state index contributed by atoms with van der Waals surface area (Å²) in [4.78, 5) is 32.1. The lowest BCUT2D eigenvalue weighted by molar-refractivity contribution is 0.0953. The Labute approximate surface area is 253 Å². The molecule has 4 aromatic rings. The van der Waals surface area contributed by atoms with Gasteiger partial charge in [0.25, 0.3) is 18.5 Å². The van der Waals surface area contributed by atoms with Crippen LogP contribution in [0.25, 0.3) is 11.3 Å². The number of rotatable bonds is 11. The number of aromatic nitrogens is 1. The summed E-state index contributed by atoms with van der Waals surface area (Å²) in [5.41, 5.74) is 3.57. The van der Waals surface area contributed by atoms with E-state index in [2.05, 4.69) is 21.1 Å². The minimum Gasteiger partial charge on any atom is -0.591 e. The second-order valence-electron chi connectivity index (χ2n) is 10.0. The number of methoxy groups -OCH3 is 1. The van der Waals surface area contributed by atoms with E-state index < -0.39 is 10.7 Å². The molecule has 0 aliphatic carbocycles. The first kappa shape index (κ1) is 29.9. The smallest absolute Gasteiger partial charge is 0.270 e. The second-order valence-corrected chi connectivity index (χ2v) is 10.4. The van der Waals surface area contributed by atoms with Gasteiger partial charge in [-0.1, -0.05) is 28.9 Å². The maximum atomic E-state index is 13.1. The highest BCUT2D eigenvalue weighted by Crippen LogP contribution is 2.43. The van der Waals surface area contributed by atoms with Crippen molar-refractivity contribution in [3.8, 4) is 17.0 Å². The predicted octanol–water partition coefficient (Wildman–Crippen LogP) is 5.18. The van der Waals surface area contributed by atoms with Crippen LogP contribution in [0, 0.1) is 12.1 Å². The van der Waals surface area contributed by atoms with Crippen molar-refractivity contribution in [2.24, 2.45) is 0 Å². The lowest BCUT2D eigenvalue weighted by Crippen LogP contribution is -2.29. The van der Waals surface area contributed by atoms with Gasteiger partial charge in [-0.2, -0.15) is 0 Å². The Morgan fingerprint density at radius 3 is 2.47 bits per heavy atom. The number of halogens is 1. The van der Waals surface area contributed by atoms with Crippen LogP contribution >= 0.6 is 11.6 Å². The van der Waals surface area contributed by atoms with Crippen molar-refractivity contribution in [2.45, 2.75) is 6.92 Å². The number of para-hydroxylation sites is 1. The predicted molar refractivity (Wildman–Crippen MR) is 165 cm³/mol. The van der Waals surface area contributed by atoms with Crippen LogP contribution in [0.3, 0.4) is 0 Å².